The van der Waals surface area contributed by atoms with E-state index in [2.05, 4.69) is 13.8 Å². The molecule has 1 atom stereocenters. The van der Waals surface area contributed by atoms with Gasteiger partial charge in [-0.15, -0.1) is 0 Å². The van der Waals surface area contributed by atoms with Gasteiger partial charge in [0, 0.05) is 18.4 Å². The minimum absolute atomic E-state index is 0.105. The van der Waals surface area contributed by atoms with Crippen LogP contribution in [0.25, 0.3) is 5.69 Å². The number of rotatable bonds is 4. The molecule has 148 valence electrons. The van der Waals surface area contributed by atoms with Crippen molar-refractivity contribution in [1.82, 2.24) is 9.47 Å². The Morgan fingerprint density at radius 3 is 2.64 bits per heavy atom. The molecular formula is C22H26N2O4. The van der Waals surface area contributed by atoms with Crippen LogP contribution in [0.4, 0.5) is 0 Å². The normalized spacial score (nSPS) is 16.5. The van der Waals surface area contributed by atoms with Gasteiger partial charge in [-0.05, 0) is 55.0 Å². The number of hydrogen-bond donors (Lipinski definition) is 0. The fourth-order valence-electron chi connectivity index (χ4n) is 3.66. The van der Waals surface area contributed by atoms with Crippen molar-refractivity contribution in [1.29, 1.82) is 0 Å². The number of amides is 1. The molecular weight excluding hydrogens is 356 g/mol. The maximum absolute atomic E-state index is 13.2. The van der Waals surface area contributed by atoms with Gasteiger partial charge in [-0.1, -0.05) is 26.0 Å². The van der Waals surface area contributed by atoms with Crippen molar-refractivity contribution in [2.45, 2.75) is 45.6 Å². The smallest absolute Gasteiger partial charge is 0.328 e. The summed E-state index contributed by atoms with van der Waals surface area (Å²) in [4.78, 5) is 39.9. The lowest BCUT2D eigenvalue weighted by Crippen LogP contribution is -2.43. The van der Waals surface area contributed by atoms with E-state index in [0.717, 1.165) is 11.3 Å². The van der Waals surface area contributed by atoms with Gasteiger partial charge in [-0.2, -0.15) is 0 Å². The van der Waals surface area contributed by atoms with Crippen LogP contribution in [0, 0.1) is 6.92 Å². The molecule has 1 aromatic carbocycles. The molecule has 1 aliphatic heterocycles. The second kappa shape index (κ2) is 8.00. The molecule has 0 radical (unpaired) electrons. The number of aromatic nitrogens is 1. The van der Waals surface area contributed by atoms with Gasteiger partial charge in [0.2, 0.25) is 0 Å². The van der Waals surface area contributed by atoms with E-state index in [1.165, 1.54) is 16.6 Å². The van der Waals surface area contributed by atoms with Crippen LogP contribution < -0.4 is 5.56 Å². The van der Waals surface area contributed by atoms with Gasteiger partial charge in [0.05, 0.1) is 7.11 Å². The first-order valence-electron chi connectivity index (χ1n) is 9.56. The number of ether oxygens (including phenoxy) is 1. The van der Waals surface area contributed by atoms with E-state index in [-0.39, 0.29) is 11.1 Å². The number of methoxy groups -OCH3 is 1. The highest BCUT2D eigenvalue weighted by Gasteiger charge is 2.36. The summed E-state index contributed by atoms with van der Waals surface area (Å²) < 4.78 is 6.32. The molecule has 2 heterocycles. The molecule has 2 aromatic rings. The Bertz CT molecular complexity index is 961. The highest BCUT2D eigenvalue weighted by Crippen LogP contribution is 2.22. The van der Waals surface area contributed by atoms with Gasteiger partial charge in [-0.25, -0.2) is 4.79 Å². The van der Waals surface area contributed by atoms with E-state index >= 15 is 0 Å². The largest absolute Gasteiger partial charge is 0.467 e. The van der Waals surface area contributed by atoms with E-state index < -0.39 is 17.9 Å². The van der Waals surface area contributed by atoms with Crippen molar-refractivity contribution in [3.05, 3.63) is 63.6 Å². The standard InChI is InChI=1S/C22H26N2O4/c1-14(2)16-7-5-8-17(13-16)23-12-10-15(3)19(20(23)25)21(26)24-11-6-9-18(24)22(27)28-4/h5,7-8,10,12-14,18H,6,9,11H2,1-4H3/t18-/m0/s1. The lowest BCUT2D eigenvalue weighted by atomic mass is 10.0. The van der Waals surface area contributed by atoms with Crippen molar-refractivity contribution < 1.29 is 14.3 Å². The summed E-state index contributed by atoms with van der Waals surface area (Å²) in [5.74, 6) is -0.526. The van der Waals surface area contributed by atoms with Crippen LogP contribution >= 0.6 is 0 Å². The predicted octanol–water partition coefficient (Wildman–Crippen LogP) is 3.05. The molecule has 1 amide bonds. The van der Waals surface area contributed by atoms with Crippen LogP contribution in [0.5, 0.6) is 0 Å². The zero-order valence-corrected chi connectivity index (χ0v) is 16.8. The van der Waals surface area contributed by atoms with Crippen LogP contribution in [0.15, 0.2) is 41.3 Å². The maximum atomic E-state index is 13.2. The maximum Gasteiger partial charge on any atom is 0.328 e. The quantitative estimate of drug-likeness (QED) is 0.762. The third-order valence-corrected chi connectivity index (χ3v) is 5.32. The fraction of sp³-hybridized carbons (Fsp3) is 0.409. The Morgan fingerprint density at radius 1 is 1.21 bits per heavy atom. The van der Waals surface area contributed by atoms with Gasteiger partial charge in [-0.3, -0.25) is 14.2 Å². The van der Waals surface area contributed by atoms with Gasteiger partial charge >= 0.3 is 5.97 Å². The first-order chi connectivity index (χ1) is 13.3. The summed E-state index contributed by atoms with van der Waals surface area (Å²) in [6.07, 6.45) is 2.95. The highest BCUT2D eigenvalue weighted by atomic mass is 16.5. The number of likely N-dealkylation sites (tertiary alicyclic amines) is 1. The summed E-state index contributed by atoms with van der Waals surface area (Å²) in [5.41, 5.74) is 2.16. The van der Waals surface area contributed by atoms with Crippen LogP contribution in [0.2, 0.25) is 0 Å². The first-order valence-corrected chi connectivity index (χ1v) is 9.56. The van der Waals surface area contributed by atoms with Crippen molar-refractivity contribution in [3.8, 4) is 5.69 Å². The molecule has 1 saturated heterocycles. The molecule has 0 unspecified atom stereocenters. The Balaban J connectivity index is 2.05. The molecule has 0 saturated carbocycles. The number of carbonyl (C=O) groups excluding carboxylic acids is 2. The van der Waals surface area contributed by atoms with Crippen LogP contribution in [0.1, 0.15) is 54.1 Å². The number of pyridine rings is 1. The molecule has 1 fully saturated rings. The number of aryl methyl sites for hydroxylation is 1. The first kappa shape index (κ1) is 19.9. The van der Waals surface area contributed by atoms with Crippen molar-refractivity contribution in [3.63, 3.8) is 0 Å². The fourth-order valence-corrected chi connectivity index (χ4v) is 3.66. The van der Waals surface area contributed by atoms with E-state index in [0.29, 0.717) is 30.9 Å². The summed E-state index contributed by atoms with van der Waals surface area (Å²) in [5, 5.41) is 0. The van der Waals surface area contributed by atoms with Crippen LogP contribution in [-0.4, -0.2) is 41.0 Å². The highest BCUT2D eigenvalue weighted by molar-refractivity contribution is 5.98. The van der Waals surface area contributed by atoms with Crippen molar-refractivity contribution in [2.24, 2.45) is 0 Å². The SMILES string of the molecule is COC(=O)[C@@H]1CCCN1C(=O)c1c(C)ccn(-c2cccc(C(C)C)c2)c1=O. The third-order valence-electron chi connectivity index (χ3n) is 5.32. The minimum Gasteiger partial charge on any atom is -0.467 e. The van der Waals surface area contributed by atoms with Gasteiger partial charge < -0.3 is 9.64 Å². The van der Waals surface area contributed by atoms with E-state index in [1.807, 2.05) is 24.3 Å². The Hall–Kier alpha value is -2.89. The monoisotopic (exact) mass is 382 g/mol. The van der Waals surface area contributed by atoms with Crippen LogP contribution in [-0.2, 0) is 9.53 Å². The van der Waals surface area contributed by atoms with Gasteiger partial charge in [0.25, 0.3) is 11.5 Å². The van der Waals surface area contributed by atoms with Crippen molar-refractivity contribution >= 4 is 11.9 Å². The second-order valence-electron chi connectivity index (χ2n) is 7.48. The summed E-state index contributed by atoms with van der Waals surface area (Å²) >= 11 is 0. The summed E-state index contributed by atoms with van der Waals surface area (Å²) in [6.45, 7) is 6.36. The molecule has 1 aromatic heterocycles. The van der Waals surface area contributed by atoms with E-state index in [9.17, 15) is 14.4 Å². The zero-order chi connectivity index (χ0) is 20.4. The number of carbonyl (C=O) groups is 2. The van der Waals surface area contributed by atoms with Crippen molar-refractivity contribution in [2.75, 3.05) is 13.7 Å². The summed E-state index contributed by atoms with van der Waals surface area (Å²) in [6, 6.07) is 8.87. The minimum atomic E-state index is -0.630. The lowest BCUT2D eigenvalue weighted by Gasteiger charge is -2.23. The van der Waals surface area contributed by atoms with Gasteiger partial charge in [0.1, 0.15) is 11.6 Å². The Kier molecular flexibility index (Phi) is 5.68. The number of esters is 1. The third kappa shape index (κ3) is 3.59. The average molecular weight is 382 g/mol. The number of hydrogen-bond acceptors (Lipinski definition) is 4. The molecule has 6 nitrogen and oxygen atoms in total. The molecule has 0 bridgehead atoms. The molecule has 0 spiro atoms. The molecule has 0 N–H and O–H groups in total. The zero-order valence-electron chi connectivity index (χ0n) is 16.8. The molecule has 3 rings (SSSR count). The van der Waals surface area contributed by atoms with E-state index in [1.54, 1.807) is 19.2 Å². The topological polar surface area (TPSA) is 68.6 Å². The number of nitrogens with zero attached hydrogens (tertiary/aromatic N) is 2. The van der Waals surface area contributed by atoms with Gasteiger partial charge in [0.15, 0.2) is 0 Å². The van der Waals surface area contributed by atoms with E-state index in [4.69, 9.17) is 4.74 Å². The summed E-state index contributed by atoms with van der Waals surface area (Å²) in [7, 11) is 1.31. The lowest BCUT2D eigenvalue weighted by molar-refractivity contribution is -0.145. The second-order valence-corrected chi connectivity index (χ2v) is 7.48. The predicted molar refractivity (Wildman–Crippen MR) is 107 cm³/mol. The number of benzene rings is 1. The average Bonchev–Trinajstić information content (AvgIpc) is 3.17. The van der Waals surface area contributed by atoms with Crippen LogP contribution in [0.3, 0.4) is 0 Å². The Labute approximate surface area is 164 Å². The molecule has 0 aliphatic carbocycles. The molecule has 1 aliphatic rings. The molecule has 6 heteroatoms. The Morgan fingerprint density at radius 2 is 1.96 bits per heavy atom. The molecule has 28 heavy (non-hydrogen) atoms.